The van der Waals surface area contributed by atoms with Crippen molar-refractivity contribution in [3.63, 3.8) is 0 Å². The molecule has 28 heavy (non-hydrogen) atoms. The maximum Gasteiger partial charge on any atom is 0.416 e. The molecule has 4 nitrogen and oxygen atoms in total. The predicted molar refractivity (Wildman–Crippen MR) is 117 cm³/mol. The lowest BCUT2D eigenvalue weighted by Crippen LogP contribution is -2.48. The second kappa shape index (κ2) is 11.2. The highest BCUT2D eigenvalue weighted by molar-refractivity contribution is 14.0. The number of rotatable bonds is 6. The van der Waals surface area contributed by atoms with Gasteiger partial charge >= 0.3 is 6.18 Å². The van der Waals surface area contributed by atoms with Crippen LogP contribution in [0.3, 0.4) is 0 Å². The monoisotopic (exact) mass is 513 g/mol. The van der Waals surface area contributed by atoms with E-state index in [1.807, 2.05) is 0 Å². The molecular weight excluding hydrogens is 482 g/mol. The van der Waals surface area contributed by atoms with Crippen LogP contribution in [0.2, 0.25) is 0 Å². The van der Waals surface area contributed by atoms with Gasteiger partial charge < -0.3 is 15.4 Å². The molecule has 0 atom stereocenters. The zero-order valence-corrected chi connectivity index (χ0v) is 19.1. The molecule has 160 valence electrons. The van der Waals surface area contributed by atoms with Crippen LogP contribution in [0.15, 0.2) is 29.3 Å². The Labute approximate surface area is 182 Å². The van der Waals surface area contributed by atoms with Gasteiger partial charge in [-0.25, -0.2) is 0 Å². The number of ether oxygens (including phenoxy) is 1. The molecule has 1 aromatic rings. The van der Waals surface area contributed by atoms with Crippen LogP contribution in [0.25, 0.3) is 0 Å². The maximum atomic E-state index is 13.2. The minimum absolute atomic E-state index is 0. The summed E-state index contributed by atoms with van der Waals surface area (Å²) in [5, 5.41) is 6.58. The van der Waals surface area contributed by atoms with E-state index in [1.165, 1.54) is 12.1 Å². The summed E-state index contributed by atoms with van der Waals surface area (Å²) in [6.45, 7) is 6.70. The summed E-state index contributed by atoms with van der Waals surface area (Å²) in [5.74, 6) is 1.26. The number of guanidine groups is 1. The number of hydrogen-bond donors (Lipinski definition) is 2. The Balaban J connectivity index is 0.00000392. The summed E-state index contributed by atoms with van der Waals surface area (Å²) in [6, 6.07) is 5.68. The van der Waals surface area contributed by atoms with E-state index in [0.717, 1.165) is 19.0 Å². The van der Waals surface area contributed by atoms with Crippen molar-refractivity contribution in [2.75, 3.05) is 33.4 Å². The maximum absolute atomic E-state index is 13.2. The summed E-state index contributed by atoms with van der Waals surface area (Å²) >= 11 is 0. The van der Waals surface area contributed by atoms with Gasteiger partial charge in [0, 0.05) is 38.8 Å². The minimum atomic E-state index is -4.34. The number of alkyl halides is 3. The van der Waals surface area contributed by atoms with Crippen molar-refractivity contribution < 1.29 is 17.9 Å². The fraction of sp³-hybridized carbons (Fsp3) is 0.650. The SMILES string of the molecule is CN=C(NCCC(C)C)NCC1(c2cccc(C(F)(F)F)c2)CCOCC1.I. The van der Waals surface area contributed by atoms with Crippen LogP contribution in [-0.4, -0.2) is 39.3 Å². The van der Waals surface area contributed by atoms with Crippen LogP contribution in [0.4, 0.5) is 13.2 Å². The van der Waals surface area contributed by atoms with E-state index in [2.05, 4.69) is 29.5 Å². The van der Waals surface area contributed by atoms with Crippen molar-refractivity contribution in [1.29, 1.82) is 0 Å². The lowest BCUT2D eigenvalue weighted by molar-refractivity contribution is -0.137. The molecule has 1 saturated heterocycles. The number of nitrogens with zero attached hydrogens (tertiary/aromatic N) is 1. The summed E-state index contributed by atoms with van der Waals surface area (Å²) in [6.07, 6.45) is -1.98. The van der Waals surface area contributed by atoms with Gasteiger partial charge in [-0.15, -0.1) is 24.0 Å². The highest BCUT2D eigenvalue weighted by atomic mass is 127. The van der Waals surface area contributed by atoms with E-state index in [4.69, 9.17) is 4.74 Å². The van der Waals surface area contributed by atoms with E-state index in [1.54, 1.807) is 13.1 Å². The molecule has 0 bridgehead atoms. The third-order valence-electron chi connectivity index (χ3n) is 5.08. The average molecular weight is 513 g/mol. The second-order valence-corrected chi connectivity index (χ2v) is 7.51. The average Bonchev–Trinajstić information content (AvgIpc) is 2.64. The Hall–Kier alpha value is -1.03. The number of nitrogens with one attached hydrogen (secondary N) is 2. The molecule has 1 fully saturated rings. The lowest BCUT2D eigenvalue weighted by Gasteiger charge is -2.38. The van der Waals surface area contributed by atoms with Crippen LogP contribution in [0.1, 0.15) is 44.2 Å². The molecule has 8 heteroatoms. The highest BCUT2D eigenvalue weighted by Crippen LogP contribution is 2.37. The van der Waals surface area contributed by atoms with E-state index in [0.29, 0.717) is 50.0 Å². The smallest absolute Gasteiger partial charge is 0.381 e. The molecule has 0 radical (unpaired) electrons. The topological polar surface area (TPSA) is 45.7 Å². The number of hydrogen-bond acceptors (Lipinski definition) is 2. The van der Waals surface area contributed by atoms with Crippen molar-refractivity contribution in [1.82, 2.24) is 10.6 Å². The Kier molecular flexibility index (Phi) is 10.0. The molecule has 0 aromatic heterocycles. The zero-order chi connectivity index (χ0) is 19.9. The minimum Gasteiger partial charge on any atom is -0.381 e. The molecule has 2 rings (SSSR count). The molecule has 1 aromatic carbocycles. The van der Waals surface area contributed by atoms with E-state index < -0.39 is 17.2 Å². The van der Waals surface area contributed by atoms with E-state index in [-0.39, 0.29) is 24.0 Å². The van der Waals surface area contributed by atoms with Gasteiger partial charge in [0.05, 0.1) is 5.56 Å². The van der Waals surface area contributed by atoms with Crippen molar-refractivity contribution >= 4 is 29.9 Å². The largest absolute Gasteiger partial charge is 0.416 e. The van der Waals surface area contributed by atoms with Crippen LogP contribution < -0.4 is 10.6 Å². The van der Waals surface area contributed by atoms with E-state index >= 15 is 0 Å². The fourth-order valence-corrected chi connectivity index (χ4v) is 3.31. The van der Waals surface area contributed by atoms with Crippen LogP contribution in [0, 0.1) is 5.92 Å². The third-order valence-corrected chi connectivity index (χ3v) is 5.08. The predicted octanol–water partition coefficient (Wildman–Crippen LogP) is 4.58. The van der Waals surface area contributed by atoms with Gasteiger partial charge in [0.15, 0.2) is 5.96 Å². The molecule has 0 aliphatic carbocycles. The number of benzene rings is 1. The Morgan fingerprint density at radius 1 is 1.21 bits per heavy atom. The lowest BCUT2D eigenvalue weighted by atomic mass is 9.73. The van der Waals surface area contributed by atoms with Crippen molar-refractivity contribution in [3.8, 4) is 0 Å². The van der Waals surface area contributed by atoms with Gasteiger partial charge in [-0.05, 0) is 36.8 Å². The summed E-state index contributed by atoms with van der Waals surface area (Å²) in [7, 11) is 1.70. The summed E-state index contributed by atoms with van der Waals surface area (Å²) in [5.41, 5.74) is -0.314. The van der Waals surface area contributed by atoms with Gasteiger partial charge in [-0.3, -0.25) is 4.99 Å². The second-order valence-electron chi connectivity index (χ2n) is 7.51. The highest BCUT2D eigenvalue weighted by Gasteiger charge is 2.37. The first kappa shape index (κ1) is 25.0. The molecule has 0 unspecified atom stereocenters. The first-order valence-corrected chi connectivity index (χ1v) is 9.47. The fourth-order valence-electron chi connectivity index (χ4n) is 3.31. The zero-order valence-electron chi connectivity index (χ0n) is 16.7. The van der Waals surface area contributed by atoms with Gasteiger partial charge in [0.1, 0.15) is 0 Å². The first-order valence-electron chi connectivity index (χ1n) is 9.47. The standard InChI is InChI=1S/C20H30F3N3O.HI/c1-15(2)7-10-25-18(24-3)26-14-19(8-11-27-12-9-19)16-5-4-6-17(13-16)20(21,22)23;/h4-6,13,15H,7-12,14H2,1-3H3,(H2,24,25,26);1H. The summed E-state index contributed by atoms with van der Waals surface area (Å²) < 4.78 is 45.0. The number of halogens is 4. The van der Waals surface area contributed by atoms with Crippen molar-refractivity contribution in [2.45, 2.75) is 44.7 Å². The molecule has 0 saturated carbocycles. The molecule has 0 spiro atoms. The van der Waals surface area contributed by atoms with Crippen LogP contribution in [-0.2, 0) is 16.3 Å². The molecule has 1 aliphatic rings. The van der Waals surface area contributed by atoms with Crippen molar-refractivity contribution in [3.05, 3.63) is 35.4 Å². The molecule has 1 aliphatic heterocycles. The van der Waals surface area contributed by atoms with Gasteiger partial charge in [0.25, 0.3) is 0 Å². The molecule has 2 N–H and O–H groups in total. The quantitative estimate of drug-likeness (QED) is 0.333. The Morgan fingerprint density at radius 2 is 1.89 bits per heavy atom. The Morgan fingerprint density at radius 3 is 2.46 bits per heavy atom. The third kappa shape index (κ3) is 7.09. The summed E-state index contributed by atoms with van der Waals surface area (Å²) in [4.78, 5) is 4.23. The van der Waals surface area contributed by atoms with Gasteiger partial charge in [0.2, 0.25) is 0 Å². The van der Waals surface area contributed by atoms with Crippen LogP contribution >= 0.6 is 24.0 Å². The van der Waals surface area contributed by atoms with Crippen LogP contribution in [0.5, 0.6) is 0 Å². The molecule has 0 amide bonds. The normalized spacial score (nSPS) is 17.2. The first-order chi connectivity index (χ1) is 12.8. The van der Waals surface area contributed by atoms with Gasteiger partial charge in [-0.1, -0.05) is 32.0 Å². The number of aliphatic imine (C=N–C) groups is 1. The van der Waals surface area contributed by atoms with E-state index in [9.17, 15) is 13.2 Å². The molecule has 1 heterocycles. The molecular formula is C20H31F3IN3O. The van der Waals surface area contributed by atoms with Crippen molar-refractivity contribution in [2.24, 2.45) is 10.9 Å². The van der Waals surface area contributed by atoms with Gasteiger partial charge in [-0.2, -0.15) is 13.2 Å². The Bertz CT molecular complexity index is 629.